The van der Waals surface area contributed by atoms with Crippen LogP contribution in [0.25, 0.3) is 0 Å². The van der Waals surface area contributed by atoms with Gasteiger partial charge in [-0.2, -0.15) is 0 Å². The van der Waals surface area contributed by atoms with Crippen LogP contribution in [0.1, 0.15) is 35.6 Å². The molecule has 0 bridgehead atoms. The van der Waals surface area contributed by atoms with Gasteiger partial charge in [0, 0.05) is 37.1 Å². The highest BCUT2D eigenvalue weighted by molar-refractivity contribution is 6.30. The number of rotatable bonds is 6. The smallest absolute Gasteiger partial charge is 0.223 e. The predicted octanol–water partition coefficient (Wildman–Crippen LogP) is 4.32. The normalized spacial score (nSPS) is 10.5. The molecule has 0 heterocycles. The third-order valence-corrected chi connectivity index (χ3v) is 4.50. The second-order valence-corrected chi connectivity index (χ2v) is 7.01. The van der Waals surface area contributed by atoms with Crippen LogP contribution >= 0.6 is 11.6 Å². The summed E-state index contributed by atoms with van der Waals surface area (Å²) in [5.41, 5.74) is 5.12. The molecule has 0 aromatic heterocycles. The Morgan fingerprint density at radius 2 is 1.62 bits per heavy atom. The quantitative estimate of drug-likeness (QED) is 0.820. The molecule has 0 aliphatic rings. The van der Waals surface area contributed by atoms with Crippen molar-refractivity contribution >= 4 is 29.1 Å². The molecule has 5 heteroatoms. The number of benzene rings is 2. The van der Waals surface area contributed by atoms with E-state index in [0.29, 0.717) is 18.1 Å². The molecule has 0 saturated carbocycles. The molecule has 0 spiro atoms. The molecule has 1 N–H and O–H groups in total. The van der Waals surface area contributed by atoms with Crippen LogP contribution in [0, 0.1) is 20.8 Å². The Hall–Kier alpha value is -2.33. The van der Waals surface area contributed by atoms with Gasteiger partial charge in [0.1, 0.15) is 0 Å². The van der Waals surface area contributed by atoms with Gasteiger partial charge in [-0.3, -0.25) is 9.59 Å². The fraction of sp³-hybridized carbons (Fsp3) is 0.333. The van der Waals surface area contributed by atoms with Gasteiger partial charge in [-0.05, 0) is 49.6 Å². The average Bonchev–Trinajstić information content (AvgIpc) is 2.56. The standard InChI is InChI=1S/C21H25ClN2O2/c1-14-11-15(2)21(16(3)12-14)24(17(4)25)10-9-20(26)23-13-18-5-7-19(22)8-6-18/h5-8,11-12H,9-10,13H2,1-4H3,(H,23,26). The van der Waals surface area contributed by atoms with Gasteiger partial charge in [0.05, 0.1) is 0 Å². The van der Waals surface area contributed by atoms with Crippen molar-refractivity contribution in [3.63, 3.8) is 0 Å². The topological polar surface area (TPSA) is 49.4 Å². The summed E-state index contributed by atoms with van der Waals surface area (Å²) in [4.78, 5) is 26.0. The van der Waals surface area contributed by atoms with Gasteiger partial charge in [-0.15, -0.1) is 0 Å². The summed E-state index contributed by atoms with van der Waals surface area (Å²) < 4.78 is 0. The van der Waals surface area contributed by atoms with Gasteiger partial charge in [-0.1, -0.05) is 41.4 Å². The SMILES string of the molecule is CC(=O)N(CCC(=O)NCc1ccc(Cl)cc1)c1c(C)cc(C)cc1C. The molecule has 0 aliphatic heterocycles. The van der Waals surface area contributed by atoms with E-state index < -0.39 is 0 Å². The van der Waals surface area contributed by atoms with E-state index in [1.165, 1.54) is 6.92 Å². The van der Waals surface area contributed by atoms with Crippen LogP contribution in [0.4, 0.5) is 5.69 Å². The lowest BCUT2D eigenvalue weighted by Gasteiger charge is -2.25. The highest BCUT2D eigenvalue weighted by Crippen LogP contribution is 2.26. The van der Waals surface area contributed by atoms with Crippen LogP contribution in [-0.2, 0) is 16.1 Å². The summed E-state index contributed by atoms with van der Waals surface area (Å²) in [5, 5.41) is 3.55. The maximum absolute atomic E-state index is 12.2. The van der Waals surface area contributed by atoms with E-state index in [1.54, 1.807) is 17.0 Å². The molecule has 138 valence electrons. The van der Waals surface area contributed by atoms with Crippen molar-refractivity contribution in [1.29, 1.82) is 0 Å². The number of carbonyl (C=O) groups excluding carboxylic acids is 2. The minimum Gasteiger partial charge on any atom is -0.352 e. The Labute approximate surface area is 160 Å². The first kappa shape index (κ1) is 20.0. The number of hydrogen-bond acceptors (Lipinski definition) is 2. The summed E-state index contributed by atoms with van der Waals surface area (Å²) in [6, 6.07) is 11.5. The molecule has 0 fully saturated rings. The van der Waals surface area contributed by atoms with Gasteiger partial charge in [0.2, 0.25) is 11.8 Å². The van der Waals surface area contributed by atoms with Crippen molar-refractivity contribution in [2.75, 3.05) is 11.4 Å². The molecule has 2 amide bonds. The summed E-state index contributed by atoms with van der Waals surface area (Å²) in [6.07, 6.45) is 0.250. The number of anilines is 1. The lowest BCUT2D eigenvalue weighted by molar-refractivity contribution is -0.121. The predicted molar refractivity (Wildman–Crippen MR) is 107 cm³/mol. The highest BCUT2D eigenvalue weighted by atomic mass is 35.5. The molecular formula is C21H25ClN2O2. The zero-order chi connectivity index (χ0) is 19.3. The zero-order valence-corrected chi connectivity index (χ0v) is 16.5. The molecule has 0 saturated heterocycles. The van der Waals surface area contributed by atoms with Crippen LogP contribution in [0.15, 0.2) is 36.4 Å². The minimum atomic E-state index is -0.0892. The Morgan fingerprint density at radius 3 is 2.15 bits per heavy atom. The van der Waals surface area contributed by atoms with E-state index in [4.69, 9.17) is 11.6 Å². The number of aryl methyl sites for hydroxylation is 3. The highest BCUT2D eigenvalue weighted by Gasteiger charge is 2.17. The summed E-state index contributed by atoms with van der Waals surface area (Å²) in [5.74, 6) is -0.154. The van der Waals surface area contributed by atoms with Crippen molar-refractivity contribution in [3.05, 3.63) is 63.7 Å². The summed E-state index contributed by atoms with van der Waals surface area (Å²) in [7, 11) is 0. The molecule has 2 aromatic rings. The van der Waals surface area contributed by atoms with Gasteiger partial charge in [-0.25, -0.2) is 0 Å². The first-order valence-electron chi connectivity index (χ1n) is 8.65. The van der Waals surface area contributed by atoms with Gasteiger partial charge in [0.15, 0.2) is 0 Å². The second-order valence-electron chi connectivity index (χ2n) is 6.57. The zero-order valence-electron chi connectivity index (χ0n) is 15.7. The first-order chi connectivity index (χ1) is 12.3. The van der Waals surface area contributed by atoms with Crippen molar-refractivity contribution < 1.29 is 9.59 Å². The molecule has 2 aromatic carbocycles. The molecule has 0 atom stereocenters. The number of carbonyl (C=O) groups is 2. The molecule has 2 rings (SSSR count). The summed E-state index contributed by atoms with van der Waals surface area (Å²) >= 11 is 5.86. The Bertz CT molecular complexity index is 777. The van der Waals surface area contributed by atoms with Crippen molar-refractivity contribution in [2.24, 2.45) is 0 Å². The van der Waals surface area contributed by atoms with Crippen LogP contribution in [-0.4, -0.2) is 18.4 Å². The molecule has 0 aliphatic carbocycles. The van der Waals surface area contributed by atoms with Crippen LogP contribution < -0.4 is 10.2 Å². The van der Waals surface area contributed by atoms with Gasteiger partial charge >= 0.3 is 0 Å². The van der Waals surface area contributed by atoms with Crippen LogP contribution in [0.3, 0.4) is 0 Å². The van der Waals surface area contributed by atoms with Gasteiger partial charge < -0.3 is 10.2 Å². The Morgan fingerprint density at radius 1 is 1.04 bits per heavy atom. The number of halogens is 1. The molecule has 0 unspecified atom stereocenters. The van der Waals surface area contributed by atoms with E-state index in [0.717, 1.165) is 27.9 Å². The second kappa shape index (κ2) is 8.86. The monoisotopic (exact) mass is 372 g/mol. The van der Waals surface area contributed by atoms with Crippen molar-refractivity contribution in [2.45, 2.75) is 40.7 Å². The average molecular weight is 373 g/mol. The van der Waals surface area contributed by atoms with Crippen molar-refractivity contribution in [1.82, 2.24) is 5.32 Å². The van der Waals surface area contributed by atoms with Crippen molar-refractivity contribution in [3.8, 4) is 0 Å². The molecule has 4 nitrogen and oxygen atoms in total. The number of amides is 2. The van der Waals surface area contributed by atoms with Crippen LogP contribution in [0.2, 0.25) is 5.02 Å². The van der Waals surface area contributed by atoms with Gasteiger partial charge in [0.25, 0.3) is 0 Å². The van der Waals surface area contributed by atoms with E-state index in [9.17, 15) is 9.59 Å². The minimum absolute atomic E-state index is 0.0643. The number of nitrogens with one attached hydrogen (secondary N) is 1. The number of hydrogen-bond donors (Lipinski definition) is 1. The fourth-order valence-corrected chi connectivity index (χ4v) is 3.26. The Kier molecular flexibility index (Phi) is 6.81. The van der Waals surface area contributed by atoms with E-state index in [1.807, 2.05) is 32.9 Å². The number of nitrogens with zero attached hydrogens (tertiary/aromatic N) is 1. The largest absolute Gasteiger partial charge is 0.352 e. The van der Waals surface area contributed by atoms with E-state index in [2.05, 4.69) is 17.4 Å². The maximum atomic E-state index is 12.2. The lowest BCUT2D eigenvalue weighted by Crippen LogP contribution is -2.34. The molecular weight excluding hydrogens is 348 g/mol. The van der Waals surface area contributed by atoms with E-state index >= 15 is 0 Å². The van der Waals surface area contributed by atoms with E-state index in [-0.39, 0.29) is 18.2 Å². The Balaban J connectivity index is 1.99. The first-order valence-corrected chi connectivity index (χ1v) is 9.03. The maximum Gasteiger partial charge on any atom is 0.223 e. The fourth-order valence-electron chi connectivity index (χ4n) is 3.13. The third kappa shape index (κ3) is 5.33. The van der Waals surface area contributed by atoms with Crippen LogP contribution in [0.5, 0.6) is 0 Å². The third-order valence-electron chi connectivity index (χ3n) is 4.25. The molecule has 0 radical (unpaired) electrons. The lowest BCUT2D eigenvalue weighted by atomic mass is 10.0. The summed E-state index contributed by atoms with van der Waals surface area (Å²) in [6.45, 7) is 8.35. The molecule has 26 heavy (non-hydrogen) atoms.